The highest BCUT2D eigenvalue weighted by Crippen LogP contribution is 2.39. The lowest BCUT2D eigenvalue weighted by Crippen LogP contribution is -2.34. The van der Waals surface area contributed by atoms with Crippen LogP contribution in [0.15, 0.2) is 18.2 Å². The van der Waals surface area contributed by atoms with Gasteiger partial charge < -0.3 is 5.32 Å². The molecule has 1 aliphatic rings. The molecular formula is C19H18ClN3OS2. The molecule has 0 bridgehead atoms. The number of carbonyl (C=O) groups excluding carboxylic acids is 1. The standard InChI is InChI=1S/C19H18ClN3OS2/c1-10-4-6-13(15(20)7-10)17(24)22-19(25)23-18-14(9-21)12-5-3-11(2)8-16(12)26-18/h4,6-7,11H,3,5,8H2,1-2H3,(H2,22,23,24,25)/t11-/m0/s1. The maximum absolute atomic E-state index is 12.4. The van der Waals surface area contributed by atoms with Crippen molar-refractivity contribution in [2.45, 2.75) is 33.1 Å². The van der Waals surface area contributed by atoms with Crippen molar-refractivity contribution in [1.82, 2.24) is 5.32 Å². The SMILES string of the molecule is Cc1ccc(C(=O)NC(=S)Nc2sc3c(c2C#N)CC[C@H](C)C3)c(Cl)c1. The summed E-state index contributed by atoms with van der Waals surface area (Å²) < 4.78 is 0. The zero-order valence-corrected chi connectivity index (χ0v) is 16.9. The zero-order chi connectivity index (χ0) is 18.8. The van der Waals surface area contributed by atoms with Crippen molar-refractivity contribution >= 4 is 51.2 Å². The number of nitriles is 1. The van der Waals surface area contributed by atoms with E-state index in [1.165, 1.54) is 4.88 Å². The van der Waals surface area contributed by atoms with Gasteiger partial charge in [-0.1, -0.05) is 24.6 Å². The third-order valence-corrected chi connectivity index (χ3v) is 6.13. The smallest absolute Gasteiger partial charge is 0.258 e. The topological polar surface area (TPSA) is 64.9 Å². The molecule has 1 atom stereocenters. The van der Waals surface area contributed by atoms with Gasteiger partial charge in [0.1, 0.15) is 11.1 Å². The van der Waals surface area contributed by atoms with Gasteiger partial charge >= 0.3 is 0 Å². The number of nitrogens with one attached hydrogen (secondary N) is 2. The van der Waals surface area contributed by atoms with Gasteiger partial charge in [0, 0.05) is 4.88 Å². The van der Waals surface area contributed by atoms with Crippen LogP contribution in [0.5, 0.6) is 0 Å². The molecular weight excluding hydrogens is 386 g/mol. The van der Waals surface area contributed by atoms with Gasteiger partial charge in [-0.2, -0.15) is 5.26 Å². The Morgan fingerprint density at radius 3 is 2.92 bits per heavy atom. The van der Waals surface area contributed by atoms with Crippen molar-refractivity contribution in [2.24, 2.45) is 5.92 Å². The fourth-order valence-corrected chi connectivity index (χ4v) is 5.01. The van der Waals surface area contributed by atoms with Gasteiger partial charge in [-0.15, -0.1) is 11.3 Å². The van der Waals surface area contributed by atoms with Crippen LogP contribution in [0.2, 0.25) is 5.02 Å². The van der Waals surface area contributed by atoms with Crippen molar-refractivity contribution in [3.63, 3.8) is 0 Å². The molecule has 0 saturated heterocycles. The van der Waals surface area contributed by atoms with Gasteiger partial charge in [-0.05, 0) is 67.6 Å². The highest BCUT2D eigenvalue weighted by atomic mass is 35.5. The Labute approximate surface area is 167 Å². The largest absolute Gasteiger partial charge is 0.323 e. The molecule has 26 heavy (non-hydrogen) atoms. The Kier molecular flexibility index (Phi) is 5.61. The predicted molar refractivity (Wildman–Crippen MR) is 110 cm³/mol. The lowest BCUT2D eigenvalue weighted by Gasteiger charge is -2.17. The van der Waals surface area contributed by atoms with Crippen LogP contribution in [0.4, 0.5) is 5.00 Å². The van der Waals surface area contributed by atoms with E-state index in [2.05, 4.69) is 23.6 Å². The quantitative estimate of drug-likeness (QED) is 0.704. The van der Waals surface area contributed by atoms with Crippen molar-refractivity contribution in [3.05, 3.63) is 50.4 Å². The molecule has 2 N–H and O–H groups in total. The van der Waals surface area contributed by atoms with Gasteiger partial charge in [0.25, 0.3) is 5.91 Å². The Morgan fingerprint density at radius 2 is 2.23 bits per heavy atom. The molecule has 4 nitrogen and oxygen atoms in total. The number of hydrogen-bond donors (Lipinski definition) is 2. The number of benzene rings is 1. The highest BCUT2D eigenvalue weighted by molar-refractivity contribution is 7.80. The average molecular weight is 404 g/mol. The van der Waals surface area contributed by atoms with E-state index in [1.807, 2.05) is 13.0 Å². The highest BCUT2D eigenvalue weighted by Gasteiger charge is 2.24. The van der Waals surface area contributed by atoms with Gasteiger partial charge in [0.15, 0.2) is 5.11 Å². The summed E-state index contributed by atoms with van der Waals surface area (Å²) in [7, 11) is 0. The first kappa shape index (κ1) is 18.8. The minimum absolute atomic E-state index is 0.162. The van der Waals surface area contributed by atoms with E-state index in [1.54, 1.807) is 23.5 Å². The second-order valence-electron chi connectivity index (χ2n) is 6.56. The van der Waals surface area contributed by atoms with Crippen molar-refractivity contribution in [3.8, 4) is 6.07 Å². The molecule has 0 saturated carbocycles. The van der Waals surface area contributed by atoms with Crippen LogP contribution in [-0.4, -0.2) is 11.0 Å². The van der Waals surface area contributed by atoms with Gasteiger partial charge in [-0.3, -0.25) is 10.1 Å². The number of aryl methyl sites for hydroxylation is 1. The van der Waals surface area contributed by atoms with E-state index in [0.717, 1.165) is 30.4 Å². The summed E-state index contributed by atoms with van der Waals surface area (Å²) in [6, 6.07) is 7.50. The molecule has 0 spiro atoms. The molecule has 1 amide bonds. The minimum Gasteiger partial charge on any atom is -0.323 e. The third kappa shape index (κ3) is 3.90. The number of nitrogens with zero attached hydrogens (tertiary/aromatic N) is 1. The number of halogens is 1. The summed E-state index contributed by atoms with van der Waals surface area (Å²) in [5.41, 5.74) is 3.10. The van der Waals surface area contributed by atoms with Gasteiger partial charge in [-0.25, -0.2) is 0 Å². The Balaban J connectivity index is 1.74. The molecule has 1 aromatic carbocycles. The summed E-state index contributed by atoms with van der Waals surface area (Å²) in [6.45, 7) is 4.13. The summed E-state index contributed by atoms with van der Waals surface area (Å²) in [6.07, 6.45) is 2.98. The van der Waals surface area contributed by atoms with E-state index in [4.69, 9.17) is 23.8 Å². The van der Waals surface area contributed by atoms with Crippen molar-refractivity contribution < 1.29 is 4.79 Å². The molecule has 2 aromatic rings. The van der Waals surface area contributed by atoms with Crippen LogP contribution in [0.3, 0.4) is 0 Å². The summed E-state index contributed by atoms with van der Waals surface area (Å²) in [4.78, 5) is 13.6. The molecule has 7 heteroatoms. The maximum Gasteiger partial charge on any atom is 0.258 e. The van der Waals surface area contributed by atoms with Gasteiger partial charge in [0.05, 0.1) is 16.1 Å². The third-order valence-electron chi connectivity index (χ3n) is 4.45. The molecule has 1 heterocycles. The number of amides is 1. The molecule has 0 unspecified atom stereocenters. The molecule has 134 valence electrons. The van der Waals surface area contributed by atoms with Crippen molar-refractivity contribution in [2.75, 3.05) is 5.32 Å². The first-order valence-corrected chi connectivity index (χ1v) is 9.92. The van der Waals surface area contributed by atoms with E-state index < -0.39 is 0 Å². The second kappa shape index (κ2) is 7.75. The fraction of sp³-hybridized carbons (Fsp3) is 0.316. The molecule has 1 aromatic heterocycles. The summed E-state index contributed by atoms with van der Waals surface area (Å²) >= 11 is 12.9. The van der Waals surface area contributed by atoms with E-state index in [0.29, 0.717) is 27.1 Å². The number of fused-ring (bicyclic) bond motifs is 1. The Morgan fingerprint density at radius 1 is 1.46 bits per heavy atom. The number of thiophene rings is 1. The number of hydrogen-bond acceptors (Lipinski definition) is 4. The van der Waals surface area contributed by atoms with E-state index in [-0.39, 0.29) is 11.0 Å². The molecule has 0 radical (unpaired) electrons. The minimum atomic E-state index is -0.374. The van der Waals surface area contributed by atoms with Crippen LogP contribution in [-0.2, 0) is 12.8 Å². The monoisotopic (exact) mass is 403 g/mol. The number of thiocarbonyl (C=S) groups is 1. The van der Waals surface area contributed by atoms with E-state index in [9.17, 15) is 10.1 Å². The predicted octanol–water partition coefficient (Wildman–Crippen LogP) is 4.83. The first-order chi connectivity index (χ1) is 12.4. The number of anilines is 1. The van der Waals surface area contributed by atoms with Crippen LogP contribution >= 0.6 is 35.2 Å². The average Bonchev–Trinajstić information content (AvgIpc) is 2.90. The van der Waals surface area contributed by atoms with Crippen LogP contribution < -0.4 is 10.6 Å². The normalized spacial score (nSPS) is 15.7. The zero-order valence-electron chi connectivity index (χ0n) is 14.5. The second-order valence-corrected chi connectivity index (χ2v) is 8.48. The van der Waals surface area contributed by atoms with E-state index >= 15 is 0 Å². The van der Waals surface area contributed by atoms with Gasteiger partial charge in [0.2, 0.25) is 0 Å². The van der Waals surface area contributed by atoms with Crippen LogP contribution in [0, 0.1) is 24.2 Å². The summed E-state index contributed by atoms with van der Waals surface area (Å²) in [5, 5.41) is 16.4. The Hall–Kier alpha value is -1.94. The fourth-order valence-electron chi connectivity index (χ4n) is 3.07. The summed E-state index contributed by atoms with van der Waals surface area (Å²) in [5.74, 6) is 0.247. The lowest BCUT2D eigenvalue weighted by molar-refractivity contribution is 0.0978. The number of carbonyl (C=O) groups is 1. The molecule has 1 aliphatic carbocycles. The molecule has 0 aliphatic heterocycles. The lowest BCUT2D eigenvalue weighted by atomic mass is 9.89. The molecule has 3 rings (SSSR count). The number of rotatable bonds is 2. The van der Waals surface area contributed by atoms with Crippen LogP contribution in [0.25, 0.3) is 0 Å². The van der Waals surface area contributed by atoms with Crippen LogP contribution in [0.1, 0.15) is 45.3 Å². The first-order valence-electron chi connectivity index (χ1n) is 8.32. The maximum atomic E-state index is 12.4. The van der Waals surface area contributed by atoms with Crippen molar-refractivity contribution in [1.29, 1.82) is 5.26 Å². The molecule has 0 fully saturated rings. The Bertz CT molecular complexity index is 930.